The van der Waals surface area contributed by atoms with Crippen molar-refractivity contribution >= 4 is 62.5 Å². The molecule has 0 bridgehead atoms. The number of amidine groups is 1. The average Bonchev–Trinajstić information content (AvgIpc) is 2.58. The van der Waals surface area contributed by atoms with E-state index in [1.54, 1.807) is 32.0 Å². The minimum Gasteiger partial charge on any atom is -0.315 e. The van der Waals surface area contributed by atoms with E-state index in [0.717, 1.165) is 4.57 Å². The summed E-state index contributed by atoms with van der Waals surface area (Å²) in [4.78, 5) is 3.07. The Bertz CT molecular complexity index is 921. The highest BCUT2D eigenvalue weighted by atomic mass is 35.8. The Morgan fingerprint density at radius 2 is 1.32 bits per heavy atom. The number of nitrogens with zero attached hydrogens (tertiary/aromatic N) is 2. The number of alkyl halides is 6. The molecule has 0 radical (unpaired) electrons. The number of anilines is 1. The van der Waals surface area contributed by atoms with E-state index in [1.807, 2.05) is 0 Å². The summed E-state index contributed by atoms with van der Waals surface area (Å²) in [5.41, 5.74) is 0.961. The van der Waals surface area contributed by atoms with Crippen LogP contribution in [0, 0.1) is 13.8 Å². The molecule has 0 saturated carbocycles. The summed E-state index contributed by atoms with van der Waals surface area (Å²) in [6, 6.07) is 5.78. The molecule has 0 atom stereocenters. The van der Waals surface area contributed by atoms with Gasteiger partial charge >= 0.3 is 18.5 Å². The van der Waals surface area contributed by atoms with Crippen LogP contribution in [0.15, 0.2) is 47.5 Å². The topological polar surface area (TPSA) is 15.6 Å². The van der Waals surface area contributed by atoms with Crippen molar-refractivity contribution in [2.75, 3.05) is 4.57 Å². The van der Waals surface area contributed by atoms with Crippen LogP contribution in [0.1, 0.15) is 16.7 Å². The summed E-state index contributed by atoms with van der Waals surface area (Å²) in [6.45, 7) is 3.18. The molecule has 0 amide bonds. The molecule has 0 unspecified atom stereocenters. The Labute approximate surface area is 194 Å². The van der Waals surface area contributed by atoms with Crippen LogP contribution >= 0.6 is 44.8 Å². The van der Waals surface area contributed by atoms with Crippen molar-refractivity contribution < 1.29 is 26.3 Å². The lowest BCUT2D eigenvalue weighted by Crippen LogP contribution is -2.49. The average molecular weight is 542 g/mol. The minimum atomic E-state index is -5.72. The van der Waals surface area contributed by atoms with Crippen LogP contribution in [0.25, 0.3) is 0 Å². The summed E-state index contributed by atoms with van der Waals surface area (Å²) in [5.74, 6) is -0.777. The van der Waals surface area contributed by atoms with Gasteiger partial charge in [-0.15, -0.1) is 33.2 Å². The summed E-state index contributed by atoms with van der Waals surface area (Å²) in [6.07, 6.45) is -15.6. The van der Waals surface area contributed by atoms with E-state index in [4.69, 9.17) is 44.8 Å². The first-order valence-corrected chi connectivity index (χ1v) is 13.8. The second-order valence-electron chi connectivity index (χ2n) is 6.49. The highest BCUT2D eigenvalue weighted by molar-refractivity contribution is 7.66. The highest BCUT2D eigenvalue weighted by Gasteiger charge is 2.58. The van der Waals surface area contributed by atoms with Gasteiger partial charge in [-0.2, -0.15) is 26.3 Å². The Morgan fingerprint density at radius 3 is 1.71 bits per heavy atom. The Morgan fingerprint density at radius 1 is 0.871 bits per heavy atom. The number of aryl methyl sites for hydroxylation is 2. The van der Waals surface area contributed by atoms with Crippen LogP contribution in [-0.2, 0) is 0 Å². The monoisotopic (exact) mass is 540 g/mol. The van der Waals surface area contributed by atoms with Crippen LogP contribution in [0.5, 0.6) is 0 Å². The van der Waals surface area contributed by atoms with Crippen molar-refractivity contribution in [1.82, 2.24) is 0 Å². The van der Waals surface area contributed by atoms with Crippen LogP contribution in [-0.4, -0.2) is 30.4 Å². The van der Waals surface area contributed by atoms with Gasteiger partial charge in [0, 0.05) is 16.3 Å². The normalized spacial score (nSPS) is 13.6. The maximum absolute atomic E-state index is 13.3. The Hall–Kier alpha value is -1.13. The van der Waals surface area contributed by atoms with Crippen molar-refractivity contribution in [2.45, 2.75) is 32.2 Å². The van der Waals surface area contributed by atoms with Gasteiger partial charge < -0.3 is 4.57 Å². The zero-order valence-corrected chi connectivity index (χ0v) is 19.8. The third-order valence-corrected chi connectivity index (χ3v) is 6.82. The molecule has 0 spiro atoms. The number of hydrogen-bond donors (Lipinski definition) is 0. The van der Waals surface area contributed by atoms with Crippen LogP contribution in [0.3, 0.4) is 0 Å². The first-order chi connectivity index (χ1) is 14.0. The van der Waals surface area contributed by atoms with Crippen LogP contribution < -0.4 is 4.57 Å². The lowest BCUT2D eigenvalue weighted by Gasteiger charge is -2.34. The standard InChI is InChI=1S/C18H14Cl4F6N2Si/c1-10-4-3-5-11(2)14(10)30(31(20,21)22)15(12-6-8-13(19)9-7-12)29-16(17(23,24)25)18(26,27)28/h3-9,16H,1-2H3. The van der Waals surface area contributed by atoms with Crippen molar-refractivity contribution in [3.63, 3.8) is 0 Å². The third-order valence-electron chi connectivity index (χ3n) is 4.10. The number of halogens is 10. The van der Waals surface area contributed by atoms with Gasteiger partial charge in [0.1, 0.15) is 5.84 Å². The molecular formula is C18H14Cl4F6N2Si. The largest absolute Gasteiger partial charge is 0.460 e. The molecule has 0 aromatic heterocycles. The molecule has 0 N–H and O–H groups in total. The maximum atomic E-state index is 13.3. The van der Waals surface area contributed by atoms with Crippen molar-refractivity contribution in [3.8, 4) is 0 Å². The lowest BCUT2D eigenvalue weighted by atomic mass is 10.1. The lowest BCUT2D eigenvalue weighted by molar-refractivity contribution is -0.247. The first kappa shape index (κ1) is 26.1. The van der Waals surface area contributed by atoms with Gasteiger partial charge in [0.05, 0.1) is 0 Å². The molecular weight excluding hydrogens is 528 g/mol. The highest BCUT2D eigenvalue weighted by Crippen LogP contribution is 2.40. The molecule has 31 heavy (non-hydrogen) atoms. The van der Waals surface area contributed by atoms with E-state index in [2.05, 4.69) is 4.99 Å². The second kappa shape index (κ2) is 9.39. The van der Waals surface area contributed by atoms with Gasteiger partial charge in [0.15, 0.2) is 0 Å². The first-order valence-electron chi connectivity index (χ1n) is 8.44. The quantitative estimate of drug-likeness (QED) is 0.126. The van der Waals surface area contributed by atoms with Gasteiger partial charge in [-0.05, 0) is 49.2 Å². The third kappa shape index (κ3) is 6.44. The fourth-order valence-corrected chi connectivity index (χ4v) is 5.47. The van der Waals surface area contributed by atoms with E-state index in [9.17, 15) is 26.3 Å². The van der Waals surface area contributed by atoms with Gasteiger partial charge in [-0.25, -0.2) is 4.99 Å². The Balaban J connectivity index is 2.92. The zero-order chi connectivity index (χ0) is 23.8. The molecule has 2 aromatic carbocycles. The molecule has 0 fully saturated rings. The summed E-state index contributed by atoms with van der Waals surface area (Å²) in [5, 5.41) is 0.205. The van der Waals surface area contributed by atoms with E-state index in [-0.39, 0.29) is 16.3 Å². The van der Waals surface area contributed by atoms with E-state index in [0.29, 0.717) is 11.1 Å². The fourth-order valence-electron chi connectivity index (χ4n) is 2.83. The smallest absolute Gasteiger partial charge is 0.315 e. The van der Waals surface area contributed by atoms with Gasteiger partial charge in [0.25, 0.3) is 0 Å². The van der Waals surface area contributed by atoms with Crippen LogP contribution in [0.4, 0.5) is 32.0 Å². The van der Waals surface area contributed by atoms with Crippen LogP contribution in [0.2, 0.25) is 5.02 Å². The molecule has 0 saturated heterocycles. The number of aliphatic imine (C=N–C) groups is 1. The molecule has 0 aliphatic heterocycles. The number of benzene rings is 2. The summed E-state index contributed by atoms with van der Waals surface area (Å²) >= 11 is 24.4. The van der Waals surface area contributed by atoms with E-state index in [1.165, 1.54) is 24.3 Å². The SMILES string of the molecule is Cc1cccc(C)c1N(C(=NC(C(F)(F)F)C(F)(F)F)c1ccc(Cl)cc1)[Si](Cl)(Cl)Cl. The Kier molecular flexibility index (Phi) is 7.91. The second-order valence-corrected chi connectivity index (χ2v) is 15.0. The van der Waals surface area contributed by atoms with Crippen molar-refractivity contribution in [1.29, 1.82) is 0 Å². The van der Waals surface area contributed by atoms with Gasteiger partial charge in [-0.1, -0.05) is 29.8 Å². The number of para-hydroxylation sites is 1. The fraction of sp³-hybridized carbons (Fsp3) is 0.278. The summed E-state index contributed by atoms with van der Waals surface area (Å²) in [7, 11) is 0. The number of rotatable bonds is 4. The number of hydrogen-bond acceptors (Lipinski definition) is 1. The predicted octanol–water partition coefficient (Wildman–Crippen LogP) is 7.86. The van der Waals surface area contributed by atoms with E-state index < -0.39 is 30.4 Å². The molecule has 0 aliphatic carbocycles. The maximum Gasteiger partial charge on any atom is 0.460 e. The molecule has 13 heteroatoms. The summed E-state index contributed by atoms with van der Waals surface area (Å²) < 4.78 is 80.8. The molecule has 2 nitrogen and oxygen atoms in total. The van der Waals surface area contributed by atoms with Crippen molar-refractivity contribution in [2.24, 2.45) is 4.99 Å². The molecule has 0 aliphatic rings. The minimum absolute atomic E-state index is 0.135. The van der Waals surface area contributed by atoms with Gasteiger partial charge in [0.2, 0.25) is 6.04 Å². The van der Waals surface area contributed by atoms with Gasteiger partial charge in [-0.3, -0.25) is 0 Å². The van der Waals surface area contributed by atoms with E-state index >= 15 is 0 Å². The zero-order valence-electron chi connectivity index (χ0n) is 15.8. The molecule has 0 heterocycles. The molecule has 2 rings (SSSR count). The van der Waals surface area contributed by atoms with Crippen molar-refractivity contribution in [3.05, 3.63) is 64.2 Å². The molecule has 170 valence electrons. The molecule has 2 aromatic rings. The predicted molar refractivity (Wildman–Crippen MR) is 116 cm³/mol.